The van der Waals surface area contributed by atoms with Gasteiger partial charge in [-0.1, -0.05) is 0 Å². The van der Waals surface area contributed by atoms with E-state index in [2.05, 4.69) is 0 Å². The standard InChI is InChI=1S/C10H13NO3.Pd/c12-7-9-1-2-10(14-9)11-5-3-8(13)4-6-11;/h3-6,9-10,12H,1-2,7H2;. The summed E-state index contributed by atoms with van der Waals surface area (Å²) < 4.78 is 7.41. The van der Waals surface area contributed by atoms with Gasteiger partial charge in [0.25, 0.3) is 0 Å². The van der Waals surface area contributed by atoms with Crippen LogP contribution in [0.5, 0.6) is 0 Å². The van der Waals surface area contributed by atoms with E-state index >= 15 is 0 Å². The molecular weight excluding hydrogens is 289 g/mol. The minimum Gasteiger partial charge on any atom is -0.394 e. The van der Waals surface area contributed by atoms with E-state index in [0.29, 0.717) is 0 Å². The molecule has 1 aliphatic rings. The second kappa shape index (κ2) is 5.57. The van der Waals surface area contributed by atoms with Crippen LogP contribution in [0, 0.1) is 0 Å². The number of aliphatic hydroxyl groups is 1. The zero-order chi connectivity index (χ0) is 9.97. The Labute approximate surface area is 102 Å². The van der Waals surface area contributed by atoms with Crippen molar-refractivity contribution in [2.75, 3.05) is 6.61 Å². The SMILES string of the molecule is O=c1ccn(C2CCC(CO)O2)cc1.[Pd]. The maximum atomic E-state index is 10.9. The molecule has 0 radical (unpaired) electrons. The van der Waals surface area contributed by atoms with Crippen molar-refractivity contribution in [3.63, 3.8) is 0 Å². The Kier molecular flexibility index (Phi) is 4.68. The fourth-order valence-corrected chi connectivity index (χ4v) is 1.66. The van der Waals surface area contributed by atoms with Crippen molar-refractivity contribution in [3.05, 3.63) is 34.7 Å². The smallest absolute Gasteiger partial charge is 0.181 e. The van der Waals surface area contributed by atoms with Crippen LogP contribution in [0.2, 0.25) is 0 Å². The van der Waals surface area contributed by atoms with Crippen molar-refractivity contribution in [2.45, 2.75) is 25.2 Å². The Balaban J connectivity index is 0.00000112. The van der Waals surface area contributed by atoms with E-state index in [-0.39, 0.29) is 44.8 Å². The maximum Gasteiger partial charge on any atom is 0.181 e. The van der Waals surface area contributed by atoms with Crippen LogP contribution in [0.1, 0.15) is 19.1 Å². The minimum absolute atomic E-state index is 0. The summed E-state index contributed by atoms with van der Waals surface area (Å²) in [6.07, 6.45) is 5.09. The predicted octanol–water partition coefficient (Wildman–Crippen LogP) is 0.516. The third kappa shape index (κ3) is 2.99. The molecule has 1 N–H and O–H groups in total. The van der Waals surface area contributed by atoms with E-state index < -0.39 is 0 Å². The van der Waals surface area contributed by atoms with Gasteiger partial charge < -0.3 is 14.4 Å². The van der Waals surface area contributed by atoms with E-state index in [4.69, 9.17) is 9.84 Å². The van der Waals surface area contributed by atoms with Crippen molar-refractivity contribution in [3.8, 4) is 0 Å². The Morgan fingerprint density at radius 2 is 2.07 bits per heavy atom. The molecule has 2 atom stereocenters. The van der Waals surface area contributed by atoms with Gasteiger partial charge in [0.05, 0.1) is 12.7 Å². The number of aliphatic hydroxyl groups excluding tert-OH is 1. The molecule has 5 heteroatoms. The molecule has 1 fully saturated rings. The molecule has 1 aliphatic heterocycles. The van der Waals surface area contributed by atoms with E-state index in [1.807, 2.05) is 4.57 Å². The number of hydrogen-bond donors (Lipinski definition) is 1. The van der Waals surface area contributed by atoms with E-state index in [1.165, 1.54) is 12.1 Å². The average molecular weight is 302 g/mol. The van der Waals surface area contributed by atoms with Crippen molar-refractivity contribution < 1.29 is 30.3 Å². The molecule has 1 saturated heterocycles. The first-order chi connectivity index (χ1) is 6.79. The third-order valence-electron chi connectivity index (χ3n) is 2.44. The van der Waals surface area contributed by atoms with Crippen molar-refractivity contribution in [2.24, 2.45) is 0 Å². The van der Waals surface area contributed by atoms with Gasteiger partial charge in [0.1, 0.15) is 6.23 Å². The number of rotatable bonds is 2. The van der Waals surface area contributed by atoms with Crippen LogP contribution < -0.4 is 5.43 Å². The van der Waals surface area contributed by atoms with Crippen molar-refractivity contribution in [1.29, 1.82) is 0 Å². The molecular formula is C10H13NO3Pd. The molecule has 1 aromatic rings. The van der Waals surface area contributed by atoms with Gasteiger partial charge in [-0.2, -0.15) is 0 Å². The summed E-state index contributed by atoms with van der Waals surface area (Å²) in [4.78, 5) is 10.9. The first-order valence-corrected chi connectivity index (χ1v) is 4.74. The van der Waals surface area contributed by atoms with Gasteiger partial charge >= 0.3 is 0 Å². The summed E-state index contributed by atoms with van der Waals surface area (Å²) in [5, 5.41) is 8.89. The molecule has 86 valence electrons. The third-order valence-corrected chi connectivity index (χ3v) is 2.44. The van der Waals surface area contributed by atoms with Crippen molar-refractivity contribution in [1.82, 2.24) is 4.57 Å². The van der Waals surface area contributed by atoms with E-state index in [1.54, 1.807) is 12.4 Å². The normalized spacial score (nSPS) is 24.9. The molecule has 0 aliphatic carbocycles. The van der Waals surface area contributed by atoms with Gasteiger partial charge in [-0.3, -0.25) is 4.79 Å². The molecule has 0 aromatic carbocycles. The average Bonchev–Trinajstić information content (AvgIpc) is 2.67. The van der Waals surface area contributed by atoms with Gasteiger partial charge in [0.15, 0.2) is 5.43 Å². The minimum atomic E-state index is -0.0561. The van der Waals surface area contributed by atoms with Crippen LogP contribution >= 0.6 is 0 Å². The van der Waals surface area contributed by atoms with Crippen LogP contribution in [0.4, 0.5) is 0 Å². The van der Waals surface area contributed by atoms with Crippen molar-refractivity contribution >= 4 is 0 Å². The van der Waals surface area contributed by atoms with Crippen LogP contribution in [-0.4, -0.2) is 22.4 Å². The van der Waals surface area contributed by atoms with Crippen LogP contribution in [0.15, 0.2) is 29.3 Å². The van der Waals surface area contributed by atoms with Gasteiger partial charge in [0.2, 0.25) is 0 Å². The number of aromatic nitrogens is 1. The topological polar surface area (TPSA) is 51.5 Å². The molecule has 4 nitrogen and oxygen atoms in total. The summed E-state index contributed by atoms with van der Waals surface area (Å²) in [6.45, 7) is 0.0662. The summed E-state index contributed by atoms with van der Waals surface area (Å²) >= 11 is 0. The molecule has 0 bridgehead atoms. The number of ether oxygens (including phenoxy) is 1. The second-order valence-electron chi connectivity index (χ2n) is 3.45. The zero-order valence-corrected chi connectivity index (χ0v) is 9.67. The molecule has 0 saturated carbocycles. The van der Waals surface area contributed by atoms with Gasteiger partial charge in [0, 0.05) is 44.9 Å². The predicted molar refractivity (Wildman–Crippen MR) is 50.9 cm³/mol. The van der Waals surface area contributed by atoms with E-state index in [9.17, 15) is 4.79 Å². The molecule has 15 heavy (non-hydrogen) atoms. The first-order valence-electron chi connectivity index (χ1n) is 4.74. The zero-order valence-electron chi connectivity index (χ0n) is 8.11. The molecule has 2 rings (SSSR count). The summed E-state index contributed by atoms with van der Waals surface area (Å²) in [6, 6.07) is 3.02. The number of pyridine rings is 1. The number of nitrogens with zero attached hydrogens (tertiary/aromatic N) is 1. The maximum absolute atomic E-state index is 10.9. The molecule has 2 heterocycles. The summed E-state index contributed by atoms with van der Waals surface area (Å²) in [7, 11) is 0. The Bertz CT molecular complexity index is 345. The second-order valence-corrected chi connectivity index (χ2v) is 3.45. The van der Waals surface area contributed by atoms with Gasteiger partial charge in [-0.25, -0.2) is 0 Å². The molecule has 1 aromatic heterocycles. The van der Waals surface area contributed by atoms with Crippen LogP contribution in [-0.2, 0) is 25.2 Å². The Morgan fingerprint density at radius 1 is 1.40 bits per heavy atom. The quantitative estimate of drug-likeness (QED) is 0.810. The summed E-state index contributed by atoms with van der Waals surface area (Å²) in [5.74, 6) is 0. The van der Waals surface area contributed by atoms with Gasteiger partial charge in [-0.05, 0) is 12.8 Å². The molecule has 0 amide bonds. The number of hydrogen-bond acceptors (Lipinski definition) is 3. The largest absolute Gasteiger partial charge is 0.394 e. The Morgan fingerprint density at radius 3 is 2.60 bits per heavy atom. The van der Waals surface area contributed by atoms with Crippen LogP contribution in [0.25, 0.3) is 0 Å². The summed E-state index contributed by atoms with van der Waals surface area (Å²) in [5.41, 5.74) is -0.00189. The fraction of sp³-hybridized carbons (Fsp3) is 0.500. The first kappa shape index (κ1) is 12.6. The monoisotopic (exact) mass is 301 g/mol. The Hall–Kier alpha value is -0.468. The fourth-order valence-electron chi connectivity index (χ4n) is 1.66. The van der Waals surface area contributed by atoms with Gasteiger partial charge in [-0.15, -0.1) is 0 Å². The van der Waals surface area contributed by atoms with E-state index in [0.717, 1.165) is 12.8 Å². The molecule has 2 unspecified atom stereocenters. The molecule has 0 spiro atoms. The van der Waals surface area contributed by atoms with Crippen LogP contribution in [0.3, 0.4) is 0 Å².